The van der Waals surface area contributed by atoms with Crippen molar-refractivity contribution in [2.75, 3.05) is 18.9 Å². The average molecular weight is 289 g/mol. The summed E-state index contributed by atoms with van der Waals surface area (Å²) in [4.78, 5) is 4.53. The summed E-state index contributed by atoms with van der Waals surface area (Å²) in [5.74, 6) is 1.83. The van der Waals surface area contributed by atoms with Gasteiger partial charge in [0.25, 0.3) is 0 Å². The van der Waals surface area contributed by atoms with Gasteiger partial charge in [0.05, 0.1) is 18.2 Å². The van der Waals surface area contributed by atoms with Crippen molar-refractivity contribution in [2.45, 2.75) is 39.3 Å². The van der Waals surface area contributed by atoms with Gasteiger partial charge in [-0.2, -0.15) is 0 Å². The quantitative estimate of drug-likeness (QED) is 0.940. The number of fused-ring (bicyclic) bond motifs is 1. The van der Waals surface area contributed by atoms with Gasteiger partial charge < -0.3 is 19.8 Å². The average Bonchev–Trinajstić information content (AvgIpc) is 3.05. The summed E-state index contributed by atoms with van der Waals surface area (Å²) in [7, 11) is 0. The van der Waals surface area contributed by atoms with E-state index in [1.165, 1.54) is 0 Å². The highest BCUT2D eigenvalue weighted by Gasteiger charge is 2.27. The Morgan fingerprint density at radius 2 is 2.19 bits per heavy atom. The third-order valence-corrected chi connectivity index (χ3v) is 4.13. The van der Waals surface area contributed by atoms with E-state index in [0.29, 0.717) is 11.9 Å². The molecule has 0 amide bonds. The fourth-order valence-corrected chi connectivity index (χ4v) is 3.03. The van der Waals surface area contributed by atoms with E-state index in [9.17, 15) is 0 Å². The van der Waals surface area contributed by atoms with Gasteiger partial charge in [-0.1, -0.05) is 6.07 Å². The van der Waals surface area contributed by atoms with Crippen molar-refractivity contribution in [3.8, 4) is 5.75 Å². The van der Waals surface area contributed by atoms with Gasteiger partial charge in [0.1, 0.15) is 11.3 Å². The van der Waals surface area contributed by atoms with Gasteiger partial charge in [-0.3, -0.25) is 0 Å². The molecule has 1 aliphatic heterocycles. The van der Waals surface area contributed by atoms with Crippen LogP contribution in [0.3, 0.4) is 0 Å². The number of para-hydroxylation sites is 1. The summed E-state index contributed by atoms with van der Waals surface area (Å²) in [5.41, 5.74) is 8.05. The molecule has 1 aromatic heterocycles. The molecule has 0 saturated carbocycles. The molecule has 2 N–H and O–H groups in total. The lowest BCUT2D eigenvalue weighted by Gasteiger charge is -2.21. The maximum atomic E-state index is 6.18. The first-order chi connectivity index (χ1) is 10.1. The number of anilines is 1. The molecule has 0 aliphatic carbocycles. The van der Waals surface area contributed by atoms with E-state index in [2.05, 4.69) is 22.5 Å². The Morgan fingerprint density at radius 1 is 1.38 bits per heavy atom. The predicted molar refractivity (Wildman–Crippen MR) is 83.5 cm³/mol. The summed E-state index contributed by atoms with van der Waals surface area (Å²) in [6.07, 6.45) is 1.19. The molecule has 3 rings (SSSR count). The van der Waals surface area contributed by atoms with Crippen molar-refractivity contribution < 1.29 is 9.47 Å². The Morgan fingerprint density at radius 3 is 2.86 bits per heavy atom. The van der Waals surface area contributed by atoms with Gasteiger partial charge in [-0.15, -0.1) is 0 Å². The number of rotatable bonds is 4. The highest BCUT2D eigenvalue weighted by atomic mass is 16.5. The standard InChI is InChI=1S/C16H23N3O2/c1-10(2)21-14-6-4-5-13-15(14)18-16(17)19(13)11(3)12-7-8-20-9-12/h4-6,10-12H,7-9H2,1-3H3,(H2,17,18). The van der Waals surface area contributed by atoms with E-state index >= 15 is 0 Å². The van der Waals surface area contributed by atoms with Gasteiger partial charge in [0.15, 0.2) is 0 Å². The van der Waals surface area contributed by atoms with Crippen LogP contribution in [0.2, 0.25) is 0 Å². The number of imidazole rings is 1. The molecular weight excluding hydrogens is 266 g/mol. The monoisotopic (exact) mass is 289 g/mol. The minimum atomic E-state index is 0.114. The van der Waals surface area contributed by atoms with Crippen molar-refractivity contribution in [3.05, 3.63) is 18.2 Å². The van der Waals surface area contributed by atoms with Crippen LogP contribution in [0.4, 0.5) is 5.95 Å². The molecule has 0 bridgehead atoms. The summed E-state index contributed by atoms with van der Waals surface area (Å²) < 4.78 is 13.5. The summed E-state index contributed by atoms with van der Waals surface area (Å²) >= 11 is 0. The lowest BCUT2D eigenvalue weighted by molar-refractivity contribution is 0.176. The number of aromatic nitrogens is 2. The second kappa shape index (κ2) is 5.56. The van der Waals surface area contributed by atoms with E-state index in [4.69, 9.17) is 15.2 Å². The molecule has 21 heavy (non-hydrogen) atoms. The van der Waals surface area contributed by atoms with Crippen LogP contribution in [0, 0.1) is 5.92 Å². The smallest absolute Gasteiger partial charge is 0.201 e. The highest BCUT2D eigenvalue weighted by Crippen LogP contribution is 2.34. The number of hydrogen-bond acceptors (Lipinski definition) is 4. The number of nitrogens with two attached hydrogens (primary N) is 1. The van der Waals surface area contributed by atoms with Gasteiger partial charge in [0.2, 0.25) is 5.95 Å². The van der Waals surface area contributed by atoms with Crippen molar-refractivity contribution >= 4 is 17.0 Å². The number of benzene rings is 1. The Balaban J connectivity index is 2.04. The van der Waals surface area contributed by atoms with Crippen molar-refractivity contribution in [1.29, 1.82) is 0 Å². The maximum absolute atomic E-state index is 6.18. The van der Waals surface area contributed by atoms with E-state index in [0.717, 1.165) is 36.4 Å². The molecule has 5 nitrogen and oxygen atoms in total. The van der Waals surface area contributed by atoms with Crippen molar-refractivity contribution in [3.63, 3.8) is 0 Å². The van der Waals surface area contributed by atoms with Gasteiger partial charge in [-0.05, 0) is 39.3 Å². The summed E-state index contributed by atoms with van der Waals surface area (Å²) in [6, 6.07) is 6.27. The minimum Gasteiger partial charge on any atom is -0.489 e. The molecule has 2 heterocycles. The summed E-state index contributed by atoms with van der Waals surface area (Å²) in [6.45, 7) is 7.84. The Labute approximate surface area is 125 Å². The van der Waals surface area contributed by atoms with E-state index in [1.807, 2.05) is 26.0 Å². The molecule has 114 valence electrons. The Hall–Kier alpha value is -1.75. The zero-order valence-corrected chi connectivity index (χ0v) is 12.9. The van der Waals surface area contributed by atoms with Gasteiger partial charge in [0, 0.05) is 18.6 Å². The molecule has 0 radical (unpaired) electrons. The van der Waals surface area contributed by atoms with Crippen LogP contribution in [0.25, 0.3) is 11.0 Å². The fourth-order valence-electron chi connectivity index (χ4n) is 3.03. The Bertz CT molecular complexity index is 630. The molecule has 2 unspecified atom stereocenters. The third kappa shape index (κ3) is 2.58. The lowest BCUT2D eigenvalue weighted by atomic mass is 10.0. The molecule has 1 aliphatic rings. The van der Waals surface area contributed by atoms with Crippen molar-refractivity contribution in [1.82, 2.24) is 9.55 Å². The second-order valence-corrected chi connectivity index (χ2v) is 5.99. The zero-order chi connectivity index (χ0) is 15.0. The molecule has 2 atom stereocenters. The predicted octanol–water partition coefficient (Wildman–Crippen LogP) is 3.00. The molecule has 1 saturated heterocycles. The Kier molecular flexibility index (Phi) is 3.76. The highest BCUT2D eigenvalue weighted by molar-refractivity contribution is 5.84. The van der Waals surface area contributed by atoms with E-state index in [-0.39, 0.29) is 12.1 Å². The molecular formula is C16H23N3O2. The fraction of sp³-hybridized carbons (Fsp3) is 0.562. The first kappa shape index (κ1) is 14.2. The van der Waals surface area contributed by atoms with Gasteiger partial charge in [-0.25, -0.2) is 4.98 Å². The number of ether oxygens (including phenoxy) is 2. The van der Waals surface area contributed by atoms with Crippen LogP contribution in [0.5, 0.6) is 5.75 Å². The van der Waals surface area contributed by atoms with E-state index in [1.54, 1.807) is 0 Å². The molecule has 1 aromatic carbocycles. The third-order valence-electron chi connectivity index (χ3n) is 4.13. The minimum absolute atomic E-state index is 0.114. The largest absolute Gasteiger partial charge is 0.489 e. The maximum Gasteiger partial charge on any atom is 0.201 e. The number of hydrogen-bond donors (Lipinski definition) is 1. The van der Waals surface area contributed by atoms with Crippen LogP contribution in [-0.2, 0) is 4.74 Å². The van der Waals surface area contributed by atoms with Crippen LogP contribution in [-0.4, -0.2) is 28.9 Å². The van der Waals surface area contributed by atoms with Crippen LogP contribution < -0.4 is 10.5 Å². The molecule has 0 spiro atoms. The van der Waals surface area contributed by atoms with Crippen molar-refractivity contribution in [2.24, 2.45) is 5.92 Å². The lowest BCUT2D eigenvalue weighted by Crippen LogP contribution is -2.18. The van der Waals surface area contributed by atoms with Crippen LogP contribution in [0.15, 0.2) is 18.2 Å². The summed E-state index contributed by atoms with van der Waals surface area (Å²) in [5, 5.41) is 0. The van der Waals surface area contributed by atoms with Crippen LogP contribution in [0.1, 0.15) is 33.2 Å². The first-order valence-electron chi connectivity index (χ1n) is 7.58. The number of nitrogens with zero attached hydrogens (tertiary/aromatic N) is 2. The number of nitrogen functional groups attached to an aromatic ring is 1. The first-order valence-corrected chi connectivity index (χ1v) is 7.58. The topological polar surface area (TPSA) is 62.3 Å². The SMILES string of the molecule is CC(C)Oc1cccc2c1nc(N)n2C(C)C1CCOC1. The molecule has 5 heteroatoms. The second-order valence-electron chi connectivity index (χ2n) is 5.99. The molecule has 2 aromatic rings. The zero-order valence-electron chi connectivity index (χ0n) is 12.9. The van der Waals surface area contributed by atoms with Gasteiger partial charge >= 0.3 is 0 Å². The normalized spacial score (nSPS) is 20.3. The molecule has 1 fully saturated rings. The van der Waals surface area contributed by atoms with Crippen LogP contribution >= 0.6 is 0 Å². The van der Waals surface area contributed by atoms with E-state index < -0.39 is 0 Å².